The third-order valence-corrected chi connectivity index (χ3v) is 0. The van der Waals surface area contributed by atoms with E-state index in [1.165, 1.54) is 0 Å². The van der Waals surface area contributed by atoms with Crippen LogP contribution in [0.15, 0.2) is 0 Å². The Balaban J connectivity index is 0. The summed E-state index contributed by atoms with van der Waals surface area (Å²) >= 11 is 0. The summed E-state index contributed by atoms with van der Waals surface area (Å²) in [7, 11) is 0. The van der Waals surface area contributed by atoms with Crippen molar-refractivity contribution in [3.05, 3.63) is 0 Å². The average molecular weight is 479 g/mol. The van der Waals surface area contributed by atoms with Crippen LogP contribution in [0.5, 0.6) is 0 Å². The van der Waals surface area contributed by atoms with Crippen molar-refractivity contribution in [2.24, 2.45) is 0 Å². The first-order valence-corrected chi connectivity index (χ1v) is 0. The van der Waals surface area contributed by atoms with Crippen LogP contribution >= 0.6 is 0 Å². The summed E-state index contributed by atoms with van der Waals surface area (Å²) in [5.41, 5.74) is 0. The van der Waals surface area contributed by atoms with Crippen molar-refractivity contribution in [2.45, 2.75) is 0 Å². The molecule has 0 fully saturated rings. The van der Waals surface area contributed by atoms with Gasteiger partial charge in [0.15, 0.2) is 0 Å². The van der Waals surface area contributed by atoms with Crippen molar-refractivity contribution in [2.75, 3.05) is 0 Å². The van der Waals surface area contributed by atoms with Crippen molar-refractivity contribution >= 4 is 44.2 Å². The largest absolute Gasteiger partial charge is 0 e. The second-order valence-corrected chi connectivity index (χ2v) is 0. The zero-order chi connectivity index (χ0) is 0. The summed E-state index contributed by atoms with van der Waals surface area (Å²) in [6.45, 7) is 0. The Bertz CT molecular complexity index is 8.00. The van der Waals surface area contributed by atoms with Gasteiger partial charge in [-0.25, -0.2) is 0 Å². The molecule has 0 aromatic carbocycles. The smallest absolute Gasteiger partial charge is 0 e. The first-order chi connectivity index (χ1) is 0. The standard InChI is InChI=1S/AsH3.Bi.Ce.Cr/h1H3;;;. The van der Waals surface area contributed by atoms with Crippen LogP contribution in [0.2, 0.25) is 0 Å². The van der Waals surface area contributed by atoms with Gasteiger partial charge in [0.1, 0.15) is 0 Å². The molecule has 0 bridgehead atoms. The van der Waals surface area contributed by atoms with E-state index in [0.29, 0.717) is 0 Å². The molecular formula is H3AsBiCeCr. The molecule has 0 heterocycles. The van der Waals surface area contributed by atoms with Gasteiger partial charge in [-0.3, -0.25) is 0 Å². The molecule has 0 aliphatic rings. The number of hydrogen-bond donors (Lipinski definition) is 0. The van der Waals surface area contributed by atoms with Gasteiger partial charge in [-0.1, -0.05) is 0 Å². The quantitative estimate of drug-likeness (QED) is 0.369. The minimum Gasteiger partial charge on any atom is 0 e. The molecular weight excluding hydrogens is 476 g/mol. The van der Waals surface area contributed by atoms with Crippen molar-refractivity contribution in [1.29, 1.82) is 0 Å². The maximum absolute atomic E-state index is 0. The molecule has 0 saturated heterocycles. The number of rotatable bonds is 0. The SMILES string of the molecule is [AsH3].[Bi].[Ce].[Cr]. The zero-order valence-electron chi connectivity index (χ0n) is 2.06. The summed E-state index contributed by atoms with van der Waals surface area (Å²) < 4.78 is 0. The Labute approximate surface area is 101 Å². The first-order valence-electron chi connectivity index (χ1n) is 0. The summed E-state index contributed by atoms with van der Waals surface area (Å²) in [5, 5.41) is 0. The van der Waals surface area contributed by atoms with Gasteiger partial charge < -0.3 is 0 Å². The normalized spacial score (nSPS) is 0. The van der Waals surface area contributed by atoms with Gasteiger partial charge in [-0.15, -0.1) is 0 Å². The Morgan fingerprint density at radius 1 is 1.00 bits per heavy atom. The van der Waals surface area contributed by atoms with E-state index in [2.05, 4.69) is 0 Å². The third kappa shape index (κ3) is 9.02. The fourth-order valence-corrected chi connectivity index (χ4v) is 0. The topological polar surface area (TPSA) is 0 Å². The van der Waals surface area contributed by atoms with Crippen LogP contribution in [0.3, 0.4) is 0 Å². The Morgan fingerprint density at radius 3 is 1.00 bits per heavy atom. The first kappa shape index (κ1) is 26.4. The van der Waals surface area contributed by atoms with Crippen molar-refractivity contribution < 1.29 is 59.1 Å². The average Bonchev–Trinajstić information content (AvgIpc) is 0. The van der Waals surface area contributed by atoms with Gasteiger partial charge in [0, 0.05) is 85.3 Å². The maximum Gasteiger partial charge on any atom is 0 e. The van der Waals surface area contributed by atoms with E-state index in [4.69, 9.17) is 0 Å². The molecule has 4 heavy (non-hydrogen) atoms. The molecule has 0 aromatic heterocycles. The van der Waals surface area contributed by atoms with Crippen LogP contribution in [0.4, 0.5) is 0 Å². The molecule has 0 aromatic rings. The molecule has 0 aliphatic carbocycles. The van der Waals surface area contributed by atoms with E-state index in [9.17, 15) is 0 Å². The zero-order valence-corrected chi connectivity index (χ0v) is 12.9. The van der Waals surface area contributed by atoms with Crippen LogP contribution < -0.4 is 0 Å². The third-order valence-electron chi connectivity index (χ3n) is 0. The molecule has 23 valence electrons. The molecule has 0 rings (SSSR count). The fourth-order valence-electron chi connectivity index (χ4n) is 0. The van der Waals surface area contributed by atoms with Crippen molar-refractivity contribution in [3.63, 3.8) is 0 Å². The molecule has 1 atom stereocenters. The summed E-state index contributed by atoms with van der Waals surface area (Å²) in [5.74, 6) is 0. The van der Waals surface area contributed by atoms with Gasteiger partial charge in [-0.05, 0) is 0 Å². The molecule has 4 heteroatoms. The second-order valence-electron chi connectivity index (χ2n) is 0. The molecule has 0 N–H and O–H groups in total. The van der Waals surface area contributed by atoms with Gasteiger partial charge in [-0.2, -0.15) is 0 Å². The molecule has 0 aliphatic heterocycles. The van der Waals surface area contributed by atoms with E-state index < -0.39 is 0 Å². The Kier molecular flexibility index (Phi) is 107. The molecule has 0 nitrogen and oxygen atoms in total. The van der Waals surface area contributed by atoms with Gasteiger partial charge >= 0.3 is 18.0 Å². The Hall–Kier alpha value is 3.35. The van der Waals surface area contributed by atoms with E-state index in [1.54, 1.807) is 0 Å². The van der Waals surface area contributed by atoms with E-state index >= 15 is 0 Å². The van der Waals surface area contributed by atoms with Crippen LogP contribution in [-0.2, 0) is 17.4 Å². The molecule has 0 saturated carbocycles. The minimum atomic E-state index is 0. The molecule has 1 unspecified atom stereocenters. The van der Waals surface area contributed by atoms with Gasteiger partial charge in [0.25, 0.3) is 0 Å². The fraction of sp³-hybridized carbons (Fsp3) is 0. The summed E-state index contributed by atoms with van der Waals surface area (Å²) in [4.78, 5) is 0. The number of hydrogen-bond acceptors (Lipinski definition) is 0. The van der Waals surface area contributed by atoms with Crippen molar-refractivity contribution in [1.82, 2.24) is 0 Å². The van der Waals surface area contributed by atoms with Gasteiger partial charge in [0.2, 0.25) is 0 Å². The van der Waals surface area contributed by atoms with Crippen molar-refractivity contribution in [3.8, 4) is 0 Å². The predicted octanol–water partition coefficient (Wildman–Crippen LogP) is -1.57. The summed E-state index contributed by atoms with van der Waals surface area (Å²) in [6.07, 6.45) is 0. The molecule has 3 radical (unpaired) electrons. The summed E-state index contributed by atoms with van der Waals surface area (Å²) in [6, 6.07) is 0. The minimum absolute atomic E-state index is 0. The van der Waals surface area contributed by atoms with Gasteiger partial charge in [0.05, 0.1) is 0 Å². The van der Waals surface area contributed by atoms with E-state index in [0.717, 1.165) is 0 Å². The van der Waals surface area contributed by atoms with Crippen LogP contribution in [0.25, 0.3) is 0 Å². The van der Waals surface area contributed by atoms with Crippen LogP contribution in [0, 0.1) is 41.7 Å². The predicted molar refractivity (Wildman–Crippen MR) is 15.7 cm³/mol. The monoisotopic (exact) mass is 479 g/mol. The molecule has 0 spiro atoms. The van der Waals surface area contributed by atoms with E-state index in [1.807, 2.05) is 0 Å². The second kappa shape index (κ2) is 16.2. The van der Waals surface area contributed by atoms with Crippen LogP contribution in [0.1, 0.15) is 0 Å². The Morgan fingerprint density at radius 2 is 1.00 bits per heavy atom. The van der Waals surface area contributed by atoms with Crippen LogP contribution in [-0.4, -0.2) is 44.2 Å². The maximum atomic E-state index is 0. The van der Waals surface area contributed by atoms with E-state index in [-0.39, 0.29) is 103 Å². The molecule has 0 amide bonds.